The molecule has 4 heteroatoms. The van der Waals surface area contributed by atoms with Crippen molar-refractivity contribution >= 4 is 5.82 Å². The molecule has 3 atom stereocenters. The van der Waals surface area contributed by atoms with Crippen molar-refractivity contribution in [2.45, 2.75) is 39.0 Å². The van der Waals surface area contributed by atoms with Crippen LogP contribution in [-0.2, 0) is 19.3 Å². The molecule has 1 fully saturated rings. The second kappa shape index (κ2) is 5.90. The quantitative estimate of drug-likeness (QED) is 0.917. The summed E-state index contributed by atoms with van der Waals surface area (Å²) < 4.78 is 0. The van der Waals surface area contributed by atoms with Crippen LogP contribution in [0.2, 0.25) is 0 Å². The zero-order chi connectivity index (χ0) is 16.7. The number of rotatable bonds is 5. The van der Waals surface area contributed by atoms with Crippen molar-refractivity contribution in [3.05, 3.63) is 52.2 Å². The van der Waals surface area contributed by atoms with E-state index in [1.165, 1.54) is 17.5 Å². The monoisotopic (exact) mass is 318 g/mol. The zero-order valence-electron chi connectivity index (χ0n) is 14.2. The van der Waals surface area contributed by atoms with Crippen LogP contribution in [-0.4, -0.2) is 16.7 Å². The van der Waals surface area contributed by atoms with Crippen LogP contribution in [0.1, 0.15) is 47.7 Å². The van der Waals surface area contributed by atoms with Gasteiger partial charge in [0.05, 0.1) is 5.69 Å². The first-order chi connectivity index (χ1) is 11.8. The fourth-order valence-electron chi connectivity index (χ4n) is 4.39. The lowest BCUT2D eigenvalue weighted by atomic mass is 10.0. The molecule has 0 amide bonds. The Balaban J connectivity index is 1.50. The highest BCUT2D eigenvalue weighted by atomic mass is 15.2. The van der Waals surface area contributed by atoms with Crippen LogP contribution < -0.4 is 5.32 Å². The Morgan fingerprint density at radius 3 is 2.79 bits per heavy atom. The number of nitrogens with one attached hydrogen (secondary N) is 1. The van der Waals surface area contributed by atoms with Crippen LogP contribution in [0.5, 0.6) is 0 Å². The Labute approximate surface area is 142 Å². The number of aromatic nitrogens is 2. The van der Waals surface area contributed by atoms with E-state index in [1.807, 2.05) is 0 Å². The van der Waals surface area contributed by atoms with E-state index in [0.717, 1.165) is 36.6 Å². The Morgan fingerprint density at radius 1 is 1.21 bits per heavy atom. The lowest BCUT2D eigenvalue weighted by molar-refractivity contribution is 0.715. The van der Waals surface area contributed by atoms with Gasteiger partial charge in [-0.2, -0.15) is 10.4 Å². The number of anilines is 1. The molecule has 1 saturated carbocycles. The molecule has 4 rings (SSSR count). The minimum atomic E-state index is 0.657. The number of hydrogen-bond donors (Lipinski definition) is 1. The average molecular weight is 318 g/mol. The highest BCUT2D eigenvalue weighted by molar-refractivity contribution is 5.57. The summed E-state index contributed by atoms with van der Waals surface area (Å²) >= 11 is 0. The lowest BCUT2D eigenvalue weighted by Gasteiger charge is -2.13. The van der Waals surface area contributed by atoms with Crippen molar-refractivity contribution < 1.29 is 0 Å². The van der Waals surface area contributed by atoms with Crippen molar-refractivity contribution in [1.29, 1.82) is 5.26 Å². The van der Waals surface area contributed by atoms with Gasteiger partial charge < -0.3 is 5.32 Å². The summed E-state index contributed by atoms with van der Waals surface area (Å²) in [5.74, 6) is 2.76. The molecule has 24 heavy (non-hydrogen) atoms. The Bertz CT molecular complexity index is 821. The van der Waals surface area contributed by atoms with Gasteiger partial charge in [-0.25, -0.2) is 0 Å². The molecule has 122 valence electrons. The van der Waals surface area contributed by atoms with Crippen LogP contribution >= 0.6 is 0 Å². The van der Waals surface area contributed by atoms with E-state index in [0.29, 0.717) is 23.2 Å². The third-order valence-corrected chi connectivity index (χ3v) is 5.66. The maximum atomic E-state index is 9.56. The third kappa shape index (κ3) is 2.27. The molecule has 1 heterocycles. The maximum Gasteiger partial charge on any atom is 0.166 e. The summed E-state index contributed by atoms with van der Waals surface area (Å²) in [4.78, 5) is 0. The van der Waals surface area contributed by atoms with Gasteiger partial charge in [-0.05, 0) is 53.7 Å². The zero-order valence-corrected chi connectivity index (χ0v) is 14.2. The normalized spacial score (nSPS) is 23.3. The molecule has 0 saturated heterocycles. The van der Waals surface area contributed by atoms with Crippen molar-refractivity contribution in [1.82, 2.24) is 10.2 Å². The first-order valence-electron chi connectivity index (χ1n) is 8.88. The summed E-state index contributed by atoms with van der Waals surface area (Å²) in [6.07, 6.45) is 2.83. The van der Waals surface area contributed by atoms with Crippen molar-refractivity contribution in [3.8, 4) is 6.07 Å². The lowest BCUT2D eigenvalue weighted by Crippen LogP contribution is -2.13. The van der Waals surface area contributed by atoms with E-state index in [1.54, 1.807) is 0 Å². The molecule has 1 aromatic carbocycles. The smallest absolute Gasteiger partial charge is 0.166 e. The summed E-state index contributed by atoms with van der Waals surface area (Å²) in [7, 11) is 0. The first kappa shape index (κ1) is 15.1. The van der Waals surface area contributed by atoms with Crippen LogP contribution in [0, 0.1) is 23.2 Å². The molecule has 0 bridgehead atoms. The second-order valence-corrected chi connectivity index (χ2v) is 6.81. The third-order valence-electron chi connectivity index (χ3n) is 5.66. The number of fused-ring (bicyclic) bond motifs is 3. The van der Waals surface area contributed by atoms with E-state index in [9.17, 15) is 5.26 Å². The highest BCUT2D eigenvalue weighted by Gasteiger charge is 2.54. The largest absolute Gasteiger partial charge is 0.367 e. The van der Waals surface area contributed by atoms with Crippen LogP contribution in [0.3, 0.4) is 0 Å². The van der Waals surface area contributed by atoms with E-state index in [4.69, 9.17) is 0 Å². The number of nitriles is 1. The average Bonchev–Trinajstić information content (AvgIpc) is 3.16. The molecule has 1 N–H and O–H groups in total. The minimum Gasteiger partial charge on any atom is -0.367 e. The van der Waals surface area contributed by atoms with Crippen LogP contribution in [0.15, 0.2) is 24.3 Å². The van der Waals surface area contributed by atoms with Gasteiger partial charge in [0, 0.05) is 6.54 Å². The number of nitrogens with zero attached hydrogens (tertiary/aromatic N) is 3. The molecule has 0 radical (unpaired) electrons. The molecule has 2 aromatic rings. The molecular formula is C20H22N4. The van der Waals surface area contributed by atoms with Gasteiger partial charge in [0.25, 0.3) is 0 Å². The minimum absolute atomic E-state index is 0.657. The Morgan fingerprint density at radius 2 is 2.04 bits per heavy atom. The molecule has 0 spiro atoms. The van der Waals surface area contributed by atoms with E-state index >= 15 is 0 Å². The summed E-state index contributed by atoms with van der Waals surface area (Å²) in [6, 6.07) is 11.1. The van der Waals surface area contributed by atoms with Gasteiger partial charge >= 0.3 is 0 Å². The maximum absolute atomic E-state index is 9.56. The van der Waals surface area contributed by atoms with Crippen LogP contribution in [0.4, 0.5) is 5.82 Å². The van der Waals surface area contributed by atoms with Gasteiger partial charge in [-0.1, -0.05) is 38.1 Å². The van der Waals surface area contributed by atoms with E-state index in [-0.39, 0.29) is 0 Å². The van der Waals surface area contributed by atoms with Gasteiger partial charge in [-0.3, -0.25) is 0 Å². The fraction of sp³-hybridized carbons (Fsp3) is 0.450. The van der Waals surface area contributed by atoms with Gasteiger partial charge in [0.2, 0.25) is 0 Å². The molecule has 4 nitrogen and oxygen atoms in total. The molecule has 2 aliphatic carbocycles. The summed E-state index contributed by atoms with van der Waals surface area (Å²) in [5, 5.41) is 21.6. The first-order valence-corrected chi connectivity index (χ1v) is 8.88. The Kier molecular flexibility index (Phi) is 3.72. The topological polar surface area (TPSA) is 61.6 Å². The van der Waals surface area contributed by atoms with E-state index < -0.39 is 0 Å². The molecule has 3 unspecified atom stereocenters. The SMILES string of the molecule is CCc1nnc(NCC2C3Cc4ccccc4C23)c(C#N)c1CC. The molecule has 0 aliphatic heterocycles. The predicted molar refractivity (Wildman–Crippen MR) is 93.9 cm³/mol. The summed E-state index contributed by atoms with van der Waals surface area (Å²) in [6.45, 7) is 5.00. The van der Waals surface area contributed by atoms with Crippen molar-refractivity contribution in [3.63, 3.8) is 0 Å². The standard InChI is InChI=1S/C20H22N4/c1-3-13-16(10-21)20(24-23-18(13)4-2)22-11-17-15-9-12-7-5-6-8-14(12)19(15)17/h5-8,15,17,19H,3-4,9,11H2,1-2H3,(H,22,24). The molecule has 2 aliphatic rings. The predicted octanol–water partition coefficient (Wildman–Crippen LogP) is 3.47. The highest BCUT2D eigenvalue weighted by Crippen LogP contribution is 2.61. The summed E-state index contributed by atoms with van der Waals surface area (Å²) in [5.41, 5.74) is 5.70. The fourth-order valence-corrected chi connectivity index (χ4v) is 4.39. The van der Waals surface area contributed by atoms with Crippen molar-refractivity contribution in [2.75, 3.05) is 11.9 Å². The van der Waals surface area contributed by atoms with Gasteiger partial charge in [-0.15, -0.1) is 5.10 Å². The second-order valence-electron chi connectivity index (χ2n) is 6.81. The number of benzene rings is 1. The molecule has 1 aromatic heterocycles. The molecular weight excluding hydrogens is 296 g/mol. The van der Waals surface area contributed by atoms with Gasteiger partial charge in [0.1, 0.15) is 11.6 Å². The van der Waals surface area contributed by atoms with Crippen LogP contribution in [0.25, 0.3) is 0 Å². The number of aryl methyl sites for hydroxylation is 1. The van der Waals surface area contributed by atoms with Gasteiger partial charge in [0.15, 0.2) is 5.82 Å². The van der Waals surface area contributed by atoms with E-state index in [2.05, 4.69) is 59.7 Å². The Hall–Kier alpha value is -2.41. The number of hydrogen-bond acceptors (Lipinski definition) is 4. The van der Waals surface area contributed by atoms with Crippen molar-refractivity contribution in [2.24, 2.45) is 11.8 Å².